The lowest BCUT2D eigenvalue weighted by Gasteiger charge is -2.14. The maximum absolute atomic E-state index is 11.8. The van der Waals surface area contributed by atoms with E-state index in [-0.39, 0.29) is 6.42 Å². The number of aromatic amines is 1. The molecular weight excluding hydrogens is 360 g/mol. The number of hydrogen-bond acceptors (Lipinski definition) is 4. The van der Waals surface area contributed by atoms with Gasteiger partial charge in [0.25, 0.3) is 0 Å². The fourth-order valence-electron chi connectivity index (χ4n) is 1.64. The van der Waals surface area contributed by atoms with Crippen molar-refractivity contribution < 1.29 is 14.7 Å². The molecule has 0 bridgehead atoms. The van der Waals surface area contributed by atoms with Crippen LogP contribution in [0.25, 0.3) is 0 Å². The molecule has 9 heteroatoms. The second kappa shape index (κ2) is 7.23. The summed E-state index contributed by atoms with van der Waals surface area (Å²) >= 11 is 4.87. The van der Waals surface area contributed by atoms with E-state index in [1.165, 1.54) is 23.9 Å². The molecule has 7 nitrogen and oxygen atoms in total. The number of carbonyl (C=O) groups is 2. The average molecular weight is 373 g/mol. The Kier molecular flexibility index (Phi) is 5.34. The van der Waals surface area contributed by atoms with Gasteiger partial charge >= 0.3 is 12.0 Å². The molecule has 4 N–H and O–H groups in total. The normalized spacial score (nSPS) is 11.9. The SMILES string of the molecule is O=C(NCc1sccc1Br)NC(Cc1cnc[nH]1)C(=O)O. The number of hydrogen-bond donors (Lipinski definition) is 4. The number of carbonyl (C=O) groups excluding carboxylic acids is 1. The summed E-state index contributed by atoms with van der Waals surface area (Å²) in [4.78, 5) is 30.5. The van der Waals surface area contributed by atoms with E-state index in [9.17, 15) is 9.59 Å². The Morgan fingerprint density at radius 2 is 2.33 bits per heavy atom. The summed E-state index contributed by atoms with van der Waals surface area (Å²) in [7, 11) is 0. The van der Waals surface area contributed by atoms with Crippen LogP contribution in [0.4, 0.5) is 4.79 Å². The number of amides is 2. The lowest BCUT2D eigenvalue weighted by atomic mass is 10.2. The van der Waals surface area contributed by atoms with Gasteiger partial charge in [-0.1, -0.05) is 0 Å². The maximum atomic E-state index is 11.8. The summed E-state index contributed by atoms with van der Waals surface area (Å²) in [5.74, 6) is -1.10. The van der Waals surface area contributed by atoms with Crippen LogP contribution in [0.1, 0.15) is 10.6 Å². The van der Waals surface area contributed by atoms with E-state index in [0.29, 0.717) is 12.2 Å². The van der Waals surface area contributed by atoms with E-state index >= 15 is 0 Å². The monoisotopic (exact) mass is 372 g/mol. The summed E-state index contributed by atoms with van der Waals surface area (Å²) in [6.07, 6.45) is 3.13. The molecule has 0 aliphatic heterocycles. The molecule has 2 aromatic heterocycles. The van der Waals surface area contributed by atoms with Gasteiger partial charge in [-0.3, -0.25) is 0 Å². The third kappa shape index (κ3) is 4.57. The summed E-state index contributed by atoms with van der Waals surface area (Å²) in [6.45, 7) is 0.334. The molecule has 2 rings (SSSR count). The highest BCUT2D eigenvalue weighted by atomic mass is 79.9. The Morgan fingerprint density at radius 3 is 2.90 bits per heavy atom. The number of aliphatic carboxylic acids is 1. The summed E-state index contributed by atoms with van der Waals surface area (Å²) in [6, 6.07) is 0.345. The van der Waals surface area contributed by atoms with Crippen molar-refractivity contribution >= 4 is 39.3 Å². The van der Waals surface area contributed by atoms with Crippen molar-refractivity contribution in [2.24, 2.45) is 0 Å². The van der Waals surface area contributed by atoms with Crippen molar-refractivity contribution in [1.29, 1.82) is 0 Å². The largest absolute Gasteiger partial charge is 0.480 e. The van der Waals surface area contributed by atoms with Crippen LogP contribution in [-0.4, -0.2) is 33.1 Å². The average Bonchev–Trinajstić information content (AvgIpc) is 3.07. The highest BCUT2D eigenvalue weighted by molar-refractivity contribution is 9.10. The predicted octanol–water partition coefficient (Wildman–Crippen LogP) is 1.73. The van der Waals surface area contributed by atoms with Gasteiger partial charge in [0.1, 0.15) is 6.04 Å². The molecule has 0 aromatic carbocycles. The number of aromatic nitrogens is 2. The van der Waals surface area contributed by atoms with E-state index < -0.39 is 18.0 Å². The molecule has 2 heterocycles. The predicted molar refractivity (Wildman–Crippen MR) is 81.1 cm³/mol. The van der Waals surface area contributed by atoms with Gasteiger partial charge in [0.05, 0.1) is 12.9 Å². The van der Waals surface area contributed by atoms with Gasteiger partial charge in [-0.25, -0.2) is 14.6 Å². The number of halogens is 1. The van der Waals surface area contributed by atoms with Crippen LogP contribution in [-0.2, 0) is 17.8 Å². The molecular formula is C12H13BrN4O3S. The Labute approximate surface area is 132 Å². The summed E-state index contributed by atoms with van der Waals surface area (Å²) in [5, 5.41) is 16.1. The van der Waals surface area contributed by atoms with E-state index in [4.69, 9.17) is 5.11 Å². The van der Waals surface area contributed by atoms with E-state index in [1.54, 1.807) is 0 Å². The van der Waals surface area contributed by atoms with Gasteiger partial charge in [-0.15, -0.1) is 11.3 Å². The molecule has 1 atom stereocenters. The third-order valence-corrected chi connectivity index (χ3v) is 4.61. The molecule has 1 unspecified atom stereocenters. The van der Waals surface area contributed by atoms with Crippen molar-refractivity contribution in [2.45, 2.75) is 19.0 Å². The zero-order chi connectivity index (χ0) is 15.2. The minimum Gasteiger partial charge on any atom is -0.480 e. The lowest BCUT2D eigenvalue weighted by Crippen LogP contribution is -2.46. The number of nitrogens with one attached hydrogen (secondary N) is 3. The van der Waals surface area contributed by atoms with E-state index in [2.05, 4.69) is 36.5 Å². The van der Waals surface area contributed by atoms with Crippen LogP contribution in [0.5, 0.6) is 0 Å². The van der Waals surface area contributed by atoms with Crippen LogP contribution in [0.15, 0.2) is 28.4 Å². The van der Waals surface area contributed by atoms with E-state index in [0.717, 1.165) is 9.35 Å². The number of thiophene rings is 1. The number of rotatable bonds is 6. The zero-order valence-electron chi connectivity index (χ0n) is 10.8. The molecule has 112 valence electrons. The minimum absolute atomic E-state index is 0.144. The number of urea groups is 1. The number of H-pyrrole nitrogens is 1. The topological polar surface area (TPSA) is 107 Å². The molecule has 0 fully saturated rings. The summed E-state index contributed by atoms with van der Waals surface area (Å²) < 4.78 is 0.917. The van der Waals surface area contributed by atoms with Crippen LogP contribution in [0.2, 0.25) is 0 Å². The van der Waals surface area contributed by atoms with Gasteiger partial charge in [-0.2, -0.15) is 0 Å². The van der Waals surface area contributed by atoms with Crippen LogP contribution in [0.3, 0.4) is 0 Å². The first-order valence-electron chi connectivity index (χ1n) is 6.02. The molecule has 2 aromatic rings. The van der Waals surface area contributed by atoms with Crippen molar-refractivity contribution in [2.75, 3.05) is 0 Å². The van der Waals surface area contributed by atoms with Crippen molar-refractivity contribution in [3.8, 4) is 0 Å². The molecule has 0 saturated carbocycles. The second-order valence-electron chi connectivity index (χ2n) is 4.19. The third-order valence-electron chi connectivity index (χ3n) is 2.68. The zero-order valence-corrected chi connectivity index (χ0v) is 13.2. The highest BCUT2D eigenvalue weighted by Crippen LogP contribution is 2.21. The Hall–Kier alpha value is -1.87. The van der Waals surface area contributed by atoms with Gasteiger partial charge in [-0.05, 0) is 27.4 Å². The lowest BCUT2D eigenvalue weighted by molar-refractivity contribution is -0.139. The second-order valence-corrected chi connectivity index (χ2v) is 6.05. The molecule has 0 radical (unpaired) electrons. The van der Waals surface area contributed by atoms with E-state index in [1.807, 2.05) is 11.4 Å². The summed E-state index contributed by atoms with van der Waals surface area (Å²) in [5.41, 5.74) is 0.642. The molecule has 2 amide bonds. The number of nitrogens with zero attached hydrogens (tertiary/aromatic N) is 1. The fraction of sp³-hybridized carbons (Fsp3) is 0.250. The molecule has 0 aliphatic rings. The molecule has 21 heavy (non-hydrogen) atoms. The van der Waals surface area contributed by atoms with Crippen LogP contribution < -0.4 is 10.6 Å². The Morgan fingerprint density at radius 1 is 1.52 bits per heavy atom. The first-order valence-corrected chi connectivity index (χ1v) is 7.70. The number of carboxylic acid groups (broad SMARTS) is 1. The fourth-order valence-corrected chi connectivity index (χ4v) is 3.07. The Balaban J connectivity index is 1.86. The highest BCUT2D eigenvalue weighted by Gasteiger charge is 2.21. The first-order chi connectivity index (χ1) is 10.1. The molecule has 0 aliphatic carbocycles. The van der Waals surface area contributed by atoms with Gasteiger partial charge < -0.3 is 20.7 Å². The van der Waals surface area contributed by atoms with Crippen molar-refractivity contribution in [1.82, 2.24) is 20.6 Å². The minimum atomic E-state index is -1.10. The maximum Gasteiger partial charge on any atom is 0.326 e. The first kappa shape index (κ1) is 15.5. The molecule has 0 saturated heterocycles. The number of imidazole rings is 1. The van der Waals surface area contributed by atoms with Gasteiger partial charge in [0.15, 0.2) is 0 Å². The van der Waals surface area contributed by atoms with Crippen LogP contribution in [0, 0.1) is 0 Å². The standard InChI is InChI=1S/C12H13BrN4O3S/c13-8-1-2-21-10(8)5-15-12(20)17-9(11(18)19)3-7-4-14-6-16-7/h1-2,4,6,9H,3,5H2,(H,14,16)(H,18,19)(H2,15,17,20). The quantitative estimate of drug-likeness (QED) is 0.619. The smallest absolute Gasteiger partial charge is 0.326 e. The van der Waals surface area contributed by atoms with Gasteiger partial charge in [0.2, 0.25) is 0 Å². The number of carboxylic acids is 1. The van der Waals surface area contributed by atoms with Gasteiger partial charge in [0, 0.05) is 27.7 Å². The van der Waals surface area contributed by atoms with Crippen LogP contribution >= 0.6 is 27.3 Å². The van der Waals surface area contributed by atoms with Crippen molar-refractivity contribution in [3.63, 3.8) is 0 Å². The van der Waals surface area contributed by atoms with Crippen molar-refractivity contribution in [3.05, 3.63) is 39.0 Å². The molecule has 0 spiro atoms. The Bertz CT molecular complexity index is 614.